The van der Waals surface area contributed by atoms with Crippen LogP contribution in [0, 0.1) is 0 Å². The fourth-order valence-corrected chi connectivity index (χ4v) is 1.80. The number of hydrogen-bond acceptors (Lipinski definition) is 5. The van der Waals surface area contributed by atoms with Gasteiger partial charge in [-0.2, -0.15) is 0 Å². The van der Waals surface area contributed by atoms with Crippen molar-refractivity contribution in [2.75, 3.05) is 41.0 Å². The summed E-state index contributed by atoms with van der Waals surface area (Å²) < 4.78 is 16.0. The number of nitrogens with zero attached hydrogens (tertiary/aromatic N) is 1. The molecule has 1 amide bonds. The number of carbonyl (C=O) groups is 1. The lowest BCUT2D eigenvalue weighted by Gasteiger charge is -2.17. The van der Waals surface area contributed by atoms with Crippen molar-refractivity contribution in [2.45, 2.75) is 12.8 Å². The van der Waals surface area contributed by atoms with Gasteiger partial charge in [-0.15, -0.1) is 0 Å². The Kier molecular flexibility index (Phi) is 7.39. The minimum absolute atomic E-state index is 0.0561. The van der Waals surface area contributed by atoms with Crippen molar-refractivity contribution in [3.05, 3.63) is 18.2 Å². The molecule has 0 saturated heterocycles. The van der Waals surface area contributed by atoms with Gasteiger partial charge in [0.05, 0.1) is 20.8 Å². The zero-order chi connectivity index (χ0) is 15.7. The molecule has 0 fully saturated rings. The zero-order valence-corrected chi connectivity index (χ0v) is 12.9. The number of methoxy groups -OCH3 is 2. The Morgan fingerprint density at radius 2 is 1.71 bits per heavy atom. The van der Waals surface area contributed by atoms with E-state index < -0.39 is 0 Å². The van der Waals surface area contributed by atoms with Crippen molar-refractivity contribution in [3.8, 4) is 17.2 Å². The summed E-state index contributed by atoms with van der Waals surface area (Å²) in [7, 11) is 4.96. The highest BCUT2D eigenvalue weighted by molar-refractivity contribution is 5.75. The Hall–Kier alpha value is -1.95. The minimum atomic E-state index is 0.0561. The minimum Gasteiger partial charge on any atom is -0.496 e. The van der Waals surface area contributed by atoms with Crippen molar-refractivity contribution in [3.63, 3.8) is 0 Å². The maximum Gasteiger partial charge on any atom is 0.223 e. The molecule has 1 aromatic rings. The normalized spacial score (nSPS) is 10.1. The molecule has 0 aromatic heterocycles. The van der Waals surface area contributed by atoms with E-state index in [1.165, 1.54) is 0 Å². The molecule has 0 saturated carbocycles. The predicted molar refractivity (Wildman–Crippen MR) is 81.0 cm³/mol. The van der Waals surface area contributed by atoms with E-state index in [1.807, 2.05) is 0 Å². The molecule has 0 spiro atoms. The van der Waals surface area contributed by atoms with Crippen LogP contribution in [0.15, 0.2) is 18.2 Å². The van der Waals surface area contributed by atoms with Crippen LogP contribution in [0.25, 0.3) is 0 Å². The number of ether oxygens (including phenoxy) is 3. The molecule has 21 heavy (non-hydrogen) atoms. The van der Waals surface area contributed by atoms with Crippen LogP contribution < -0.4 is 19.9 Å². The summed E-state index contributed by atoms with van der Waals surface area (Å²) in [6.45, 7) is 1.53. The van der Waals surface area contributed by atoms with E-state index in [-0.39, 0.29) is 5.91 Å². The van der Waals surface area contributed by atoms with Crippen LogP contribution in [0.3, 0.4) is 0 Å². The first-order valence-electron chi connectivity index (χ1n) is 6.90. The first kappa shape index (κ1) is 17.1. The van der Waals surface area contributed by atoms with Gasteiger partial charge >= 0.3 is 0 Å². The monoisotopic (exact) mass is 296 g/mol. The van der Waals surface area contributed by atoms with E-state index in [0.717, 1.165) is 6.42 Å². The molecule has 0 aliphatic rings. The van der Waals surface area contributed by atoms with Crippen LogP contribution in [-0.2, 0) is 4.79 Å². The van der Waals surface area contributed by atoms with E-state index in [0.29, 0.717) is 43.4 Å². The highest BCUT2D eigenvalue weighted by atomic mass is 16.5. The number of hydrogen-bond donors (Lipinski definition) is 1. The molecule has 0 atom stereocenters. The summed E-state index contributed by atoms with van der Waals surface area (Å²) >= 11 is 0. The molecule has 0 aliphatic heterocycles. The predicted octanol–water partition coefficient (Wildman–Crippen LogP) is 1.28. The van der Waals surface area contributed by atoms with Crippen molar-refractivity contribution < 1.29 is 19.0 Å². The third kappa shape index (κ3) is 5.91. The Bertz CT molecular complexity index is 429. The highest BCUT2D eigenvalue weighted by Crippen LogP contribution is 2.27. The van der Waals surface area contributed by atoms with Crippen molar-refractivity contribution in [1.82, 2.24) is 4.90 Å². The second-order valence-electron chi connectivity index (χ2n) is 4.60. The van der Waals surface area contributed by atoms with Gasteiger partial charge < -0.3 is 24.8 Å². The largest absolute Gasteiger partial charge is 0.496 e. The van der Waals surface area contributed by atoms with Gasteiger partial charge in [-0.1, -0.05) is 0 Å². The summed E-state index contributed by atoms with van der Waals surface area (Å²) in [5.74, 6) is 2.10. The van der Waals surface area contributed by atoms with Crippen molar-refractivity contribution >= 4 is 5.91 Å². The maximum atomic E-state index is 11.5. The van der Waals surface area contributed by atoms with E-state index in [1.54, 1.807) is 44.4 Å². The van der Waals surface area contributed by atoms with Crippen LogP contribution in [0.5, 0.6) is 17.2 Å². The molecule has 0 unspecified atom stereocenters. The molecule has 6 nitrogen and oxygen atoms in total. The summed E-state index contributed by atoms with van der Waals surface area (Å²) in [6.07, 6.45) is 1.12. The maximum absolute atomic E-state index is 11.5. The number of carbonyl (C=O) groups excluding carboxylic acids is 1. The second-order valence-corrected chi connectivity index (χ2v) is 4.60. The van der Waals surface area contributed by atoms with Crippen LogP contribution in [0.1, 0.15) is 12.8 Å². The summed E-state index contributed by atoms with van der Waals surface area (Å²) in [4.78, 5) is 13.2. The van der Waals surface area contributed by atoms with Crippen LogP contribution in [-0.4, -0.2) is 51.8 Å². The Labute approximate surface area is 125 Å². The molecule has 1 aromatic carbocycles. The van der Waals surface area contributed by atoms with E-state index in [4.69, 9.17) is 19.9 Å². The Morgan fingerprint density at radius 1 is 1.14 bits per heavy atom. The van der Waals surface area contributed by atoms with Gasteiger partial charge in [-0.25, -0.2) is 0 Å². The van der Waals surface area contributed by atoms with E-state index >= 15 is 0 Å². The smallest absolute Gasteiger partial charge is 0.223 e. The van der Waals surface area contributed by atoms with Gasteiger partial charge in [-0.3, -0.25) is 4.79 Å². The van der Waals surface area contributed by atoms with Gasteiger partial charge in [-0.05, 0) is 6.42 Å². The van der Waals surface area contributed by atoms with Gasteiger partial charge in [0.25, 0.3) is 0 Å². The molecule has 118 valence electrons. The number of amides is 1. The lowest BCUT2D eigenvalue weighted by atomic mass is 10.3. The van der Waals surface area contributed by atoms with Crippen LogP contribution in [0.2, 0.25) is 0 Å². The van der Waals surface area contributed by atoms with Crippen molar-refractivity contribution in [2.24, 2.45) is 5.73 Å². The highest BCUT2D eigenvalue weighted by Gasteiger charge is 2.07. The first-order valence-corrected chi connectivity index (χ1v) is 6.90. The lowest BCUT2D eigenvalue weighted by Crippen LogP contribution is -2.30. The molecule has 0 radical (unpaired) electrons. The van der Waals surface area contributed by atoms with Gasteiger partial charge in [0.2, 0.25) is 5.91 Å². The second kappa shape index (κ2) is 9.07. The van der Waals surface area contributed by atoms with E-state index in [2.05, 4.69) is 0 Å². The fourth-order valence-electron chi connectivity index (χ4n) is 1.80. The molecule has 0 heterocycles. The molecule has 1 rings (SSSR count). The molecular weight excluding hydrogens is 272 g/mol. The topological polar surface area (TPSA) is 74.0 Å². The number of rotatable bonds is 9. The van der Waals surface area contributed by atoms with Crippen LogP contribution in [0.4, 0.5) is 0 Å². The Balaban J connectivity index is 2.40. The molecule has 0 aliphatic carbocycles. The van der Waals surface area contributed by atoms with E-state index in [9.17, 15) is 4.79 Å². The van der Waals surface area contributed by atoms with Gasteiger partial charge in [0.1, 0.15) is 17.2 Å². The lowest BCUT2D eigenvalue weighted by molar-refractivity contribution is -0.129. The quantitative estimate of drug-likeness (QED) is 0.695. The van der Waals surface area contributed by atoms with Crippen molar-refractivity contribution in [1.29, 1.82) is 0 Å². The first-order chi connectivity index (χ1) is 10.1. The number of benzene rings is 1. The molecule has 2 N–H and O–H groups in total. The Morgan fingerprint density at radius 3 is 2.24 bits per heavy atom. The third-order valence-electron chi connectivity index (χ3n) is 3.02. The summed E-state index contributed by atoms with van der Waals surface area (Å²) in [5, 5.41) is 0. The van der Waals surface area contributed by atoms with Gasteiger partial charge in [0, 0.05) is 44.8 Å². The zero-order valence-electron chi connectivity index (χ0n) is 12.9. The molecule has 6 heteroatoms. The average molecular weight is 296 g/mol. The standard InChI is InChI=1S/C15H24N2O4/c1-17(15(18)5-6-16)7-4-8-21-14-10-12(19-2)9-13(11-14)20-3/h9-11H,4-8,16H2,1-3H3. The third-order valence-corrected chi connectivity index (χ3v) is 3.02. The van der Waals surface area contributed by atoms with Crippen LogP contribution >= 0.6 is 0 Å². The summed E-state index contributed by atoms with van der Waals surface area (Å²) in [6, 6.07) is 5.38. The number of nitrogens with two attached hydrogens (primary N) is 1. The SMILES string of the molecule is COc1cc(OC)cc(OCCCN(C)C(=O)CCN)c1. The molecular formula is C15H24N2O4. The average Bonchev–Trinajstić information content (AvgIpc) is 2.51. The van der Waals surface area contributed by atoms with Gasteiger partial charge in [0.15, 0.2) is 0 Å². The molecule has 0 bridgehead atoms. The fraction of sp³-hybridized carbons (Fsp3) is 0.533. The summed E-state index contributed by atoms with van der Waals surface area (Å²) in [5.41, 5.74) is 5.36.